The molecule has 2 heterocycles. The molecule has 4 heteroatoms. The average Bonchev–Trinajstić information content (AvgIpc) is 3.24. The Morgan fingerprint density at radius 1 is 1.18 bits per heavy atom. The van der Waals surface area contributed by atoms with E-state index in [-0.39, 0.29) is 5.41 Å². The van der Waals surface area contributed by atoms with Crippen molar-refractivity contribution in [3.05, 3.63) is 81.3 Å². The first kappa shape index (κ1) is 13.1. The van der Waals surface area contributed by atoms with Crippen LogP contribution in [0.3, 0.4) is 0 Å². The predicted molar refractivity (Wildman–Crippen MR) is 87.6 cm³/mol. The second-order valence-electron chi connectivity index (χ2n) is 5.40. The molecule has 0 saturated carbocycles. The van der Waals surface area contributed by atoms with Crippen LogP contribution in [0.1, 0.15) is 27.4 Å². The van der Waals surface area contributed by atoms with Gasteiger partial charge in [0.2, 0.25) is 0 Å². The second-order valence-corrected chi connectivity index (χ2v) is 6.35. The van der Waals surface area contributed by atoms with E-state index in [0.717, 1.165) is 17.7 Å². The first-order valence-corrected chi connectivity index (χ1v) is 7.97. The van der Waals surface area contributed by atoms with Gasteiger partial charge in [0.1, 0.15) is 6.07 Å². The van der Waals surface area contributed by atoms with Gasteiger partial charge < -0.3 is 0 Å². The lowest BCUT2D eigenvalue weighted by Crippen LogP contribution is -2.29. The number of rotatable bonds is 2. The summed E-state index contributed by atoms with van der Waals surface area (Å²) in [6.07, 6.45) is 5.04. The number of thiophene rings is 1. The summed E-state index contributed by atoms with van der Waals surface area (Å²) in [5.74, 6) is 0. The molecular formula is C18H13N3S. The van der Waals surface area contributed by atoms with Gasteiger partial charge in [-0.05, 0) is 17.0 Å². The third-order valence-electron chi connectivity index (χ3n) is 4.23. The molecule has 2 aromatic heterocycles. The monoisotopic (exact) mass is 303 g/mol. The smallest absolute Gasteiger partial charge is 0.169 e. The number of nitrogens with zero attached hydrogens (tertiary/aromatic N) is 2. The summed E-state index contributed by atoms with van der Waals surface area (Å²) in [6.45, 7) is 0. The summed E-state index contributed by atoms with van der Waals surface area (Å²) in [7, 11) is 0. The van der Waals surface area contributed by atoms with Crippen LogP contribution in [-0.4, -0.2) is 10.2 Å². The molecule has 1 atom stereocenters. The van der Waals surface area contributed by atoms with Crippen LogP contribution in [0.4, 0.5) is 0 Å². The second kappa shape index (κ2) is 4.97. The van der Waals surface area contributed by atoms with Crippen molar-refractivity contribution in [1.29, 1.82) is 5.26 Å². The van der Waals surface area contributed by atoms with Crippen LogP contribution in [0.25, 0.3) is 6.08 Å². The van der Waals surface area contributed by atoms with Gasteiger partial charge in [0.15, 0.2) is 5.69 Å². The summed E-state index contributed by atoms with van der Waals surface area (Å²) >= 11 is 1.76. The molecule has 0 saturated heterocycles. The van der Waals surface area contributed by atoms with Crippen LogP contribution < -0.4 is 0 Å². The van der Waals surface area contributed by atoms with E-state index in [1.807, 2.05) is 12.1 Å². The van der Waals surface area contributed by atoms with Crippen LogP contribution in [0.15, 0.2) is 53.9 Å². The Hall–Kier alpha value is -2.64. The number of aromatic amines is 1. The number of nitriles is 1. The van der Waals surface area contributed by atoms with Gasteiger partial charge in [0.05, 0.1) is 5.41 Å². The standard InChI is InChI=1S/C18H13N3S/c19-12-16-14-8-9-18(11-15(14)20-21-16,17-7-4-10-22-17)13-5-2-1-3-6-13/h1-10H,11H2,(H,20,21). The molecule has 3 nitrogen and oxygen atoms in total. The van der Waals surface area contributed by atoms with Crippen LogP contribution in [-0.2, 0) is 11.8 Å². The largest absolute Gasteiger partial charge is 0.281 e. The minimum atomic E-state index is -0.193. The quantitative estimate of drug-likeness (QED) is 0.780. The zero-order chi connectivity index (χ0) is 15.0. The Morgan fingerprint density at radius 3 is 2.77 bits per heavy atom. The third-order valence-corrected chi connectivity index (χ3v) is 5.28. The molecule has 1 unspecified atom stereocenters. The molecule has 0 amide bonds. The van der Waals surface area contributed by atoms with Crippen LogP contribution in [0.5, 0.6) is 0 Å². The fraction of sp³-hybridized carbons (Fsp3) is 0.111. The van der Waals surface area contributed by atoms with Crippen molar-refractivity contribution in [1.82, 2.24) is 10.2 Å². The lowest BCUT2D eigenvalue weighted by molar-refractivity contribution is 0.633. The normalized spacial score (nSPS) is 19.6. The van der Waals surface area contributed by atoms with Gasteiger partial charge in [-0.25, -0.2) is 0 Å². The van der Waals surface area contributed by atoms with Crippen molar-refractivity contribution < 1.29 is 0 Å². The van der Waals surface area contributed by atoms with Crippen molar-refractivity contribution in [2.45, 2.75) is 11.8 Å². The number of allylic oxidation sites excluding steroid dienone is 1. The van der Waals surface area contributed by atoms with E-state index in [9.17, 15) is 0 Å². The lowest BCUT2D eigenvalue weighted by Gasteiger charge is -2.32. The lowest BCUT2D eigenvalue weighted by atomic mass is 9.72. The zero-order valence-corrected chi connectivity index (χ0v) is 12.6. The number of hydrogen-bond donors (Lipinski definition) is 1. The molecule has 1 aliphatic carbocycles. The maximum absolute atomic E-state index is 9.15. The first-order chi connectivity index (χ1) is 10.8. The minimum absolute atomic E-state index is 0.193. The van der Waals surface area contributed by atoms with Crippen molar-refractivity contribution >= 4 is 17.4 Å². The molecule has 3 aromatic rings. The maximum atomic E-state index is 9.15. The summed E-state index contributed by atoms with van der Waals surface area (Å²) < 4.78 is 0. The Balaban J connectivity index is 1.91. The average molecular weight is 303 g/mol. The van der Waals surface area contributed by atoms with E-state index < -0.39 is 0 Å². The topological polar surface area (TPSA) is 52.5 Å². The fourth-order valence-electron chi connectivity index (χ4n) is 3.13. The predicted octanol–water partition coefficient (Wildman–Crippen LogP) is 3.90. The zero-order valence-electron chi connectivity index (χ0n) is 11.8. The fourth-order valence-corrected chi connectivity index (χ4v) is 4.06. The van der Waals surface area contributed by atoms with Gasteiger partial charge in [-0.3, -0.25) is 5.10 Å². The Morgan fingerprint density at radius 2 is 2.05 bits per heavy atom. The Kier molecular flexibility index (Phi) is 2.95. The van der Waals surface area contributed by atoms with Crippen molar-refractivity contribution in [2.75, 3.05) is 0 Å². The Bertz CT molecular complexity index is 869. The third kappa shape index (κ3) is 1.83. The highest BCUT2D eigenvalue weighted by Crippen LogP contribution is 2.43. The first-order valence-electron chi connectivity index (χ1n) is 7.09. The van der Waals surface area contributed by atoms with Crippen molar-refractivity contribution in [3.8, 4) is 6.07 Å². The van der Waals surface area contributed by atoms with Crippen molar-refractivity contribution in [2.24, 2.45) is 0 Å². The summed E-state index contributed by atoms with van der Waals surface area (Å²) in [4.78, 5) is 1.30. The molecule has 4 rings (SSSR count). The molecule has 106 valence electrons. The number of aromatic nitrogens is 2. The number of fused-ring (bicyclic) bond motifs is 1. The molecule has 22 heavy (non-hydrogen) atoms. The highest BCUT2D eigenvalue weighted by Gasteiger charge is 2.37. The minimum Gasteiger partial charge on any atom is -0.281 e. The van der Waals surface area contributed by atoms with Gasteiger partial charge in [0.25, 0.3) is 0 Å². The van der Waals surface area contributed by atoms with E-state index in [0.29, 0.717) is 5.69 Å². The number of hydrogen-bond acceptors (Lipinski definition) is 3. The van der Waals surface area contributed by atoms with Gasteiger partial charge in [-0.2, -0.15) is 10.4 Å². The highest BCUT2D eigenvalue weighted by molar-refractivity contribution is 7.10. The summed E-state index contributed by atoms with van der Waals surface area (Å²) in [6, 6.07) is 16.9. The molecule has 0 spiro atoms. The molecule has 1 aromatic carbocycles. The SMILES string of the molecule is N#Cc1n[nH]c2c1C=CC(c1ccccc1)(c1cccs1)C2. The number of H-pyrrole nitrogens is 1. The van der Waals surface area contributed by atoms with Gasteiger partial charge >= 0.3 is 0 Å². The molecular weight excluding hydrogens is 290 g/mol. The number of nitrogens with one attached hydrogen (secondary N) is 1. The molecule has 0 bridgehead atoms. The summed E-state index contributed by atoms with van der Waals surface area (Å²) in [5, 5.41) is 18.4. The van der Waals surface area contributed by atoms with E-state index in [1.54, 1.807) is 11.3 Å². The molecule has 0 fully saturated rings. The van der Waals surface area contributed by atoms with Crippen LogP contribution in [0.2, 0.25) is 0 Å². The van der Waals surface area contributed by atoms with Crippen molar-refractivity contribution in [3.63, 3.8) is 0 Å². The van der Waals surface area contributed by atoms with E-state index in [1.165, 1.54) is 10.4 Å². The van der Waals surface area contributed by atoms with E-state index in [2.05, 4.69) is 64.1 Å². The van der Waals surface area contributed by atoms with Gasteiger partial charge in [0, 0.05) is 22.6 Å². The molecule has 1 N–H and O–H groups in total. The summed E-state index contributed by atoms with van der Waals surface area (Å²) in [5.41, 5.74) is 3.48. The van der Waals surface area contributed by atoms with E-state index in [4.69, 9.17) is 5.26 Å². The molecule has 0 radical (unpaired) electrons. The van der Waals surface area contributed by atoms with Crippen LogP contribution in [0, 0.1) is 11.3 Å². The number of benzene rings is 1. The van der Waals surface area contributed by atoms with E-state index >= 15 is 0 Å². The molecule has 1 aliphatic rings. The molecule has 0 aliphatic heterocycles. The maximum Gasteiger partial charge on any atom is 0.169 e. The van der Waals surface area contributed by atoms with Gasteiger partial charge in [-0.15, -0.1) is 11.3 Å². The van der Waals surface area contributed by atoms with Gasteiger partial charge in [-0.1, -0.05) is 48.6 Å². The highest BCUT2D eigenvalue weighted by atomic mass is 32.1. The Labute approximate surface area is 132 Å². The van der Waals surface area contributed by atoms with Crippen LogP contribution >= 0.6 is 11.3 Å².